The molecule has 4 rings (SSSR count). The van der Waals surface area contributed by atoms with E-state index < -0.39 is 6.10 Å². The monoisotopic (exact) mass is 365 g/mol. The molecule has 2 aromatic heterocycles. The summed E-state index contributed by atoms with van der Waals surface area (Å²) < 4.78 is 5.78. The SMILES string of the molecule is O=C(NCc1ccncc1)C1Cc2c(-c3ccc(Cl)cc3)ccnc2O1. The molecule has 0 saturated carbocycles. The molecular weight excluding hydrogens is 350 g/mol. The highest BCUT2D eigenvalue weighted by Crippen LogP contribution is 2.35. The van der Waals surface area contributed by atoms with Gasteiger partial charge in [0.05, 0.1) is 0 Å². The summed E-state index contributed by atoms with van der Waals surface area (Å²) in [6, 6.07) is 13.3. The van der Waals surface area contributed by atoms with E-state index in [9.17, 15) is 4.79 Å². The van der Waals surface area contributed by atoms with Gasteiger partial charge in [-0.3, -0.25) is 9.78 Å². The number of halogens is 1. The molecule has 0 fully saturated rings. The zero-order chi connectivity index (χ0) is 17.9. The first kappa shape index (κ1) is 16.5. The van der Waals surface area contributed by atoms with Gasteiger partial charge in [-0.25, -0.2) is 4.98 Å². The van der Waals surface area contributed by atoms with Crippen LogP contribution in [0.4, 0.5) is 0 Å². The first-order valence-electron chi connectivity index (χ1n) is 8.28. The van der Waals surface area contributed by atoms with E-state index in [0.717, 1.165) is 22.3 Å². The number of carbonyl (C=O) groups excluding carboxylic acids is 1. The predicted molar refractivity (Wildman–Crippen MR) is 98.9 cm³/mol. The topological polar surface area (TPSA) is 64.1 Å². The second kappa shape index (κ2) is 7.14. The maximum Gasteiger partial charge on any atom is 0.261 e. The van der Waals surface area contributed by atoms with E-state index in [0.29, 0.717) is 23.9 Å². The average Bonchev–Trinajstić information content (AvgIpc) is 3.12. The fraction of sp³-hybridized carbons (Fsp3) is 0.150. The third-order valence-corrected chi connectivity index (χ3v) is 4.58. The third-order valence-electron chi connectivity index (χ3n) is 4.32. The summed E-state index contributed by atoms with van der Waals surface area (Å²) in [4.78, 5) is 20.7. The van der Waals surface area contributed by atoms with Crippen molar-refractivity contribution in [2.24, 2.45) is 0 Å². The summed E-state index contributed by atoms with van der Waals surface area (Å²) in [7, 11) is 0. The highest BCUT2D eigenvalue weighted by atomic mass is 35.5. The van der Waals surface area contributed by atoms with Gasteiger partial charge >= 0.3 is 0 Å². The Morgan fingerprint density at radius 3 is 2.65 bits per heavy atom. The fourth-order valence-corrected chi connectivity index (χ4v) is 3.11. The molecule has 0 spiro atoms. The van der Waals surface area contributed by atoms with Gasteiger partial charge in [-0.1, -0.05) is 23.7 Å². The Balaban J connectivity index is 1.49. The lowest BCUT2D eigenvalue weighted by atomic mass is 9.99. The summed E-state index contributed by atoms with van der Waals surface area (Å²) in [6.45, 7) is 0.440. The molecule has 1 atom stereocenters. The molecule has 3 heterocycles. The number of pyridine rings is 2. The Morgan fingerprint density at radius 1 is 1.12 bits per heavy atom. The van der Waals surface area contributed by atoms with Gasteiger partial charge in [0.25, 0.3) is 5.91 Å². The molecule has 1 N–H and O–H groups in total. The Bertz CT molecular complexity index is 930. The third kappa shape index (κ3) is 3.39. The van der Waals surface area contributed by atoms with Crippen molar-refractivity contribution in [3.63, 3.8) is 0 Å². The Kier molecular flexibility index (Phi) is 4.54. The van der Waals surface area contributed by atoms with Crippen molar-refractivity contribution in [2.45, 2.75) is 19.1 Å². The largest absolute Gasteiger partial charge is 0.464 e. The van der Waals surface area contributed by atoms with Gasteiger partial charge in [-0.05, 0) is 47.0 Å². The first-order chi connectivity index (χ1) is 12.7. The second-order valence-electron chi connectivity index (χ2n) is 6.03. The van der Waals surface area contributed by atoms with Crippen LogP contribution in [0.25, 0.3) is 11.1 Å². The first-order valence-corrected chi connectivity index (χ1v) is 8.65. The minimum Gasteiger partial charge on any atom is -0.464 e. The molecule has 0 bridgehead atoms. The number of rotatable bonds is 4. The van der Waals surface area contributed by atoms with Crippen LogP contribution in [0.15, 0.2) is 61.1 Å². The molecule has 1 amide bonds. The molecule has 3 aromatic rings. The number of ether oxygens (including phenoxy) is 1. The lowest BCUT2D eigenvalue weighted by Crippen LogP contribution is -2.37. The van der Waals surface area contributed by atoms with E-state index in [2.05, 4.69) is 15.3 Å². The molecule has 26 heavy (non-hydrogen) atoms. The summed E-state index contributed by atoms with van der Waals surface area (Å²) in [6.07, 6.45) is 5.01. The van der Waals surface area contributed by atoms with Gasteiger partial charge in [0.2, 0.25) is 5.88 Å². The van der Waals surface area contributed by atoms with Crippen LogP contribution < -0.4 is 10.1 Å². The fourth-order valence-electron chi connectivity index (χ4n) is 2.98. The maximum atomic E-state index is 12.5. The Morgan fingerprint density at radius 2 is 1.88 bits per heavy atom. The van der Waals surface area contributed by atoms with Gasteiger partial charge in [0.1, 0.15) is 0 Å². The normalized spacial score (nSPS) is 15.2. The number of nitrogens with zero attached hydrogens (tertiary/aromatic N) is 2. The van der Waals surface area contributed by atoms with Crippen LogP contribution in [0.5, 0.6) is 5.88 Å². The highest BCUT2D eigenvalue weighted by Gasteiger charge is 2.32. The number of carbonyl (C=O) groups is 1. The van der Waals surface area contributed by atoms with Crippen LogP contribution >= 0.6 is 11.6 Å². The summed E-state index contributed by atoms with van der Waals surface area (Å²) in [5.41, 5.74) is 3.97. The van der Waals surface area contributed by atoms with Crippen molar-refractivity contribution >= 4 is 17.5 Å². The van der Waals surface area contributed by atoms with Gasteiger partial charge in [-0.2, -0.15) is 0 Å². The lowest BCUT2D eigenvalue weighted by molar-refractivity contribution is -0.127. The van der Waals surface area contributed by atoms with Crippen molar-refractivity contribution in [1.29, 1.82) is 0 Å². The van der Waals surface area contributed by atoms with E-state index in [4.69, 9.17) is 16.3 Å². The minimum absolute atomic E-state index is 0.151. The number of amides is 1. The van der Waals surface area contributed by atoms with Crippen LogP contribution in [0.2, 0.25) is 5.02 Å². The number of nitrogens with one attached hydrogen (secondary N) is 1. The van der Waals surface area contributed by atoms with Crippen LogP contribution in [-0.2, 0) is 17.8 Å². The lowest BCUT2D eigenvalue weighted by Gasteiger charge is -2.10. The number of hydrogen-bond acceptors (Lipinski definition) is 4. The van der Waals surface area contributed by atoms with Gasteiger partial charge in [0.15, 0.2) is 6.10 Å². The van der Waals surface area contributed by atoms with Gasteiger partial charge in [-0.15, -0.1) is 0 Å². The molecule has 0 saturated heterocycles. The predicted octanol–water partition coefficient (Wildman–Crippen LogP) is 3.42. The minimum atomic E-state index is -0.576. The molecule has 1 unspecified atom stereocenters. The molecule has 0 radical (unpaired) electrons. The Labute approximate surface area is 156 Å². The van der Waals surface area contributed by atoms with Crippen molar-refractivity contribution in [2.75, 3.05) is 0 Å². The second-order valence-corrected chi connectivity index (χ2v) is 6.47. The Hall–Kier alpha value is -2.92. The molecule has 130 valence electrons. The van der Waals surface area contributed by atoms with Crippen molar-refractivity contribution in [3.05, 3.63) is 77.2 Å². The quantitative estimate of drug-likeness (QED) is 0.769. The van der Waals surface area contributed by atoms with Crippen LogP contribution in [0, 0.1) is 0 Å². The molecule has 1 aliphatic heterocycles. The van der Waals surface area contributed by atoms with E-state index in [-0.39, 0.29) is 5.91 Å². The molecule has 1 aromatic carbocycles. The standard InChI is InChI=1S/C20H16ClN3O2/c21-15-3-1-14(2-4-15)16-7-10-23-20-17(16)11-18(26-20)19(25)24-12-13-5-8-22-9-6-13/h1-10,18H,11-12H2,(H,24,25). The van der Waals surface area contributed by atoms with E-state index in [1.807, 2.05) is 42.5 Å². The summed E-state index contributed by atoms with van der Waals surface area (Å²) in [5.74, 6) is 0.364. The summed E-state index contributed by atoms with van der Waals surface area (Å²) in [5, 5.41) is 3.59. The summed E-state index contributed by atoms with van der Waals surface area (Å²) >= 11 is 5.97. The zero-order valence-corrected chi connectivity index (χ0v) is 14.6. The van der Waals surface area contributed by atoms with E-state index in [1.165, 1.54) is 0 Å². The molecular formula is C20H16ClN3O2. The van der Waals surface area contributed by atoms with Gasteiger partial charge in [0, 0.05) is 42.1 Å². The van der Waals surface area contributed by atoms with Crippen LogP contribution in [0.3, 0.4) is 0 Å². The molecule has 0 aliphatic carbocycles. The van der Waals surface area contributed by atoms with Crippen LogP contribution in [0.1, 0.15) is 11.1 Å². The smallest absolute Gasteiger partial charge is 0.261 e. The number of aromatic nitrogens is 2. The number of fused-ring (bicyclic) bond motifs is 1. The van der Waals surface area contributed by atoms with Gasteiger partial charge < -0.3 is 10.1 Å². The molecule has 6 heteroatoms. The van der Waals surface area contributed by atoms with Crippen LogP contribution in [-0.4, -0.2) is 22.0 Å². The van der Waals surface area contributed by atoms with Crippen molar-refractivity contribution < 1.29 is 9.53 Å². The number of benzene rings is 1. The molecule has 1 aliphatic rings. The maximum absolute atomic E-state index is 12.5. The zero-order valence-electron chi connectivity index (χ0n) is 13.9. The van der Waals surface area contributed by atoms with Crippen molar-refractivity contribution in [3.8, 4) is 17.0 Å². The highest BCUT2D eigenvalue weighted by molar-refractivity contribution is 6.30. The van der Waals surface area contributed by atoms with E-state index >= 15 is 0 Å². The van der Waals surface area contributed by atoms with Crippen molar-refractivity contribution in [1.82, 2.24) is 15.3 Å². The average molecular weight is 366 g/mol. The molecule has 5 nitrogen and oxygen atoms in total. The van der Waals surface area contributed by atoms with E-state index in [1.54, 1.807) is 18.6 Å². The number of hydrogen-bond donors (Lipinski definition) is 1.